The summed E-state index contributed by atoms with van der Waals surface area (Å²) in [7, 11) is 1.59. The largest absolute Gasteiger partial charge is 0.433 e. The molecule has 0 saturated carbocycles. The molecule has 0 aliphatic rings. The number of Topliss-reactive ketones (excluding diaryl/α,β-unsaturated/α-hetero) is 1. The van der Waals surface area contributed by atoms with E-state index in [0.29, 0.717) is 23.9 Å². The predicted molar refractivity (Wildman–Crippen MR) is 107 cm³/mol. The van der Waals surface area contributed by atoms with Crippen LogP contribution in [-0.4, -0.2) is 34.8 Å². The molecule has 2 N–H and O–H groups in total. The van der Waals surface area contributed by atoms with Crippen molar-refractivity contribution in [2.75, 3.05) is 11.9 Å². The highest BCUT2D eigenvalue weighted by molar-refractivity contribution is 6.43. The van der Waals surface area contributed by atoms with Crippen LogP contribution in [0.1, 0.15) is 39.0 Å². The third kappa shape index (κ3) is 5.03. The maximum Gasteiger partial charge on any atom is 0.394 e. The maximum absolute atomic E-state index is 12.9. The van der Waals surface area contributed by atoms with Gasteiger partial charge in [0.05, 0.1) is 12.1 Å². The van der Waals surface area contributed by atoms with Crippen LogP contribution < -0.4 is 15.4 Å². The van der Waals surface area contributed by atoms with Gasteiger partial charge in [-0.3, -0.25) is 14.4 Å². The zero-order chi connectivity index (χ0) is 22.6. The second-order valence-electron chi connectivity index (χ2n) is 6.60. The molecule has 2 aromatic rings. The van der Waals surface area contributed by atoms with Crippen molar-refractivity contribution < 1.29 is 27.9 Å². The highest BCUT2D eigenvalue weighted by Gasteiger charge is 2.28. The molecule has 0 aliphatic heterocycles. The number of hydrogen-bond donors (Lipinski definition) is 2. The number of halogens is 2. The van der Waals surface area contributed by atoms with Crippen molar-refractivity contribution in [1.82, 2.24) is 9.88 Å². The molecule has 0 bridgehead atoms. The number of nitrogens with one attached hydrogen (secondary N) is 2. The zero-order valence-corrected chi connectivity index (χ0v) is 16.9. The minimum atomic E-state index is -3.32. The van der Waals surface area contributed by atoms with Crippen molar-refractivity contribution in [2.24, 2.45) is 7.05 Å². The van der Waals surface area contributed by atoms with Gasteiger partial charge in [0.1, 0.15) is 11.4 Å². The fourth-order valence-corrected chi connectivity index (χ4v) is 2.96. The molecule has 9 heteroatoms. The van der Waals surface area contributed by atoms with Gasteiger partial charge in [0.25, 0.3) is 17.6 Å². The van der Waals surface area contributed by atoms with E-state index in [-0.39, 0.29) is 23.6 Å². The van der Waals surface area contributed by atoms with Crippen molar-refractivity contribution >= 4 is 23.3 Å². The van der Waals surface area contributed by atoms with E-state index in [2.05, 4.69) is 21.3 Å². The zero-order valence-electron chi connectivity index (χ0n) is 16.9. The monoisotopic (exact) mass is 417 g/mol. The van der Waals surface area contributed by atoms with E-state index in [1.807, 2.05) is 0 Å². The lowest BCUT2D eigenvalue weighted by Crippen LogP contribution is -2.31. The fraction of sp³-hybridized carbons (Fsp3) is 0.286. The van der Waals surface area contributed by atoms with Crippen molar-refractivity contribution in [3.05, 3.63) is 46.8 Å². The van der Waals surface area contributed by atoms with E-state index >= 15 is 0 Å². The van der Waals surface area contributed by atoms with Crippen LogP contribution in [0.15, 0.2) is 24.3 Å². The molecule has 1 aromatic heterocycles. The number of ether oxygens (including phenoxy) is 1. The Morgan fingerprint density at radius 3 is 2.33 bits per heavy atom. The van der Waals surface area contributed by atoms with Gasteiger partial charge in [0.2, 0.25) is 0 Å². The average molecular weight is 417 g/mol. The van der Waals surface area contributed by atoms with Crippen LogP contribution in [0.4, 0.5) is 14.5 Å². The lowest BCUT2D eigenvalue weighted by Gasteiger charge is -2.13. The number of amides is 2. The van der Waals surface area contributed by atoms with Crippen LogP contribution in [-0.2, 0) is 11.8 Å². The highest BCUT2D eigenvalue weighted by Crippen LogP contribution is 2.25. The Morgan fingerprint density at radius 2 is 1.80 bits per heavy atom. The molecule has 2 rings (SSSR count). The van der Waals surface area contributed by atoms with Crippen LogP contribution in [0, 0.1) is 26.2 Å². The lowest BCUT2D eigenvalue weighted by molar-refractivity contribution is -0.158. The highest BCUT2D eigenvalue weighted by atomic mass is 19.3. The van der Waals surface area contributed by atoms with E-state index in [9.17, 15) is 23.2 Å². The van der Waals surface area contributed by atoms with Crippen molar-refractivity contribution in [3.63, 3.8) is 0 Å². The first-order chi connectivity index (χ1) is 14.0. The number of nitrogens with zero attached hydrogens (tertiary/aromatic N) is 1. The number of carbonyl (C=O) groups excluding carboxylic acids is 3. The average Bonchev–Trinajstić information content (AvgIpc) is 2.88. The third-order valence-electron chi connectivity index (χ3n) is 4.34. The molecule has 0 aliphatic carbocycles. The van der Waals surface area contributed by atoms with Crippen LogP contribution in [0.3, 0.4) is 0 Å². The molecular weight excluding hydrogens is 396 g/mol. The molecule has 2 amide bonds. The summed E-state index contributed by atoms with van der Waals surface area (Å²) in [5.41, 5.74) is 1.41. The minimum absolute atomic E-state index is 0.0581. The number of rotatable bonds is 7. The molecule has 158 valence electrons. The fourth-order valence-electron chi connectivity index (χ4n) is 2.96. The Morgan fingerprint density at radius 1 is 1.20 bits per heavy atom. The molecule has 0 spiro atoms. The molecule has 0 saturated heterocycles. The summed E-state index contributed by atoms with van der Waals surface area (Å²) in [5.74, 6) is -0.0369. The Balaban J connectivity index is 2.25. The molecular formula is C21H21F2N3O4. The number of ketones is 1. The number of anilines is 1. The summed E-state index contributed by atoms with van der Waals surface area (Å²) in [6.07, 6.45) is 1.76. The van der Waals surface area contributed by atoms with Gasteiger partial charge in [-0.05, 0) is 43.7 Å². The summed E-state index contributed by atoms with van der Waals surface area (Å²) in [6, 6.07) is 5.40. The minimum Gasteiger partial charge on any atom is -0.433 e. The van der Waals surface area contributed by atoms with Gasteiger partial charge in [0.15, 0.2) is 0 Å². The van der Waals surface area contributed by atoms with Gasteiger partial charge >= 0.3 is 6.11 Å². The number of hydrogen-bond acceptors (Lipinski definition) is 4. The molecule has 7 nitrogen and oxygen atoms in total. The van der Waals surface area contributed by atoms with Gasteiger partial charge in [0, 0.05) is 25.4 Å². The molecule has 30 heavy (non-hydrogen) atoms. The van der Waals surface area contributed by atoms with Crippen molar-refractivity contribution in [3.8, 4) is 18.1 Å². The lowest BCUT2D eigenvalue weighted by atomic mass is 10.0. The SMILES string of the molecule is C#CCNC(=O)C(=O)c1c(C)c(C(=O)Nc2ccc(OC(C)(F)F)cc2)n(C)c1C. The first-order valence-corrected chi connectivity index (χ1v) is 8.86. The summed E-state index contributed by atoms with van der Waals surface area (Å²) >= 11 is 0. The van der Waals surface area contributed by atoms with Gasteiger partial charge in [-0.15, -0.1) is 6.42 Å². The van der Waals surface area contributed by atoms with Gasteiger partial charge in [-0.2, -0.15) is 8.78 Å². The van der Waals surface area contributed by atoms with E-state index in [1.165, 1.54) is 28.8 Å². The Labute approximate surface area is 172 Å². The smallest absolute Gasteiger partial charge is 0.394 e. The van der Waals surface area contributed by atoms with Crippen molar-refractivity contribution in [1.29, 1.82) is 0 Å². The first-order valence-electron chi connectivity index (χ1n) is 8.86. The molecule has 1 heterocycles. The van der Waals surface area contributed by atoms with Gasteiger partial charge < -0.3 is 19.9 Å². The Hall–Kier alpha value is -3.67. The summed E-state index contributed by atoms with van der Waals surface area (Å²) in [4.78, 5) is 37.3. The quantitative estimate of drug-likeness (QED) is 0.412. The van der Waals surface area contributed by atoms with Crippen molar-refractivity contribution in [2.45, 2.75) is 26.9 Å². The Bertz CT molecular complexity index is 1030. The van der Waals surface area contributed by atoms with E-state index in [0.717, 1.165) is 0 Å². The normalized spacial score (nSPS) is 10.8. The second-order valence-corrected chi connectivity index (χ2v) is 6.60. The number of terminal acetylenes is 1. The summed E-state index contributed by atoms with van der Waals surface area (Å²) in [6.45, 7) is 3.70. The summed E-state index contributed by atoms with van der Waals surface area (Å²) < 4.78 is 31.7. The maximum atomic E-state index is 12.9. The third-order valence-corrected chi connectivity index (χ3v) is 4.34. The second kappa shape index (κ2) is 8.78. The topological polar surface area (TPSA) is 89.4 Å². The number of benzene rings is 1. The number of carbonyl (C=O) groups is 3. The molecule has 0 atom stereocenters. The first kappa shape index (κ1) is 22.6. The molecule has 0 unspecified atom stereocenters. The van der Waals surface area contributed by atoms with E-state index in [1.54, 1.807) is 20.9 Å². The van der Waals surface area contributed by atoms with Crippen LogP contribution >= 0.6 is 0 Å². The Kier molecular flexibility index (Phi) is 6.62. The van der Waals surface area contributed by atoms with Crippen LogP contribution in [0.25, 0.3) is 0 Å². The molecule has 0 fully saturated rings. The van der Waals surface area contributed by atoms with Crippen LogP contribution in [0.2, 0.25) is 0 Å². The van der Waals surface area contributed by atoms with Crippen LogP contribution in [0.5, 0.6) is 5.75 Å². The van der Waals surface area contributed by atoms with Gasteiger partial charge in [-0.25, -0.2) is 0 Å². The van der Waals surface area contributed by atoms with E-state index < -0.39 is 23.7 Å². The standard InChI is InChI=1S/C21H21F2N3O4/c1-6-11-24-20(29)18(27)16-12(2)17(26(5)13(16)3)19(28)25-14-7-9-15(10-8-14)30-21(4,22)23/h1,7-10H,11H2,2-5H3,(H,24,29)(H,25,28). The predicted octanol–water partition coefficient (Wildman–Crippen LogP) is 2.82. The van der Waals surface area contributed by atoms with Gasteiger partial charge in [-0.1, -0.05) is 5.92 Å². The number of alkyl halides is 2. The number of aromatic nitrogens is 1. The summed E-state index contributed by atoms with van der Waals surface area (Å²) in [5, 5.41) is 4.94. The van der Waals surface area contributed by atoms with E-state index in [4.69, 9.17) is 6.42 Å². The molecule has 1 aromatic carbocycles. The molecule has 0 radical (unpaired) electrons.